The molecule has 0 amide bonds. The topological polar surface area (TPSA) is 66.4 Å². The largest absolute Gasteiger partial charge is 0.384 e. The maximum Gasteiger partial charge on any atom is 0.233 e. The van der Waals surface area contributed by atoms with Gasteiger partial charge in [-0.2, -0.15) is 0 Å². The van der Waals surface area contributed by atoms with Gasteiger partial charge in [-0.15, -0.1) is 0 Å². The van der Waals surface area contributed by atoms with Gasteiger partial charge in [0.15, 0.2) is 0 Å². The zero-order valence-electron chi connectivity index (χ0n) is 11.7. The van der Waals surface area contributed by atoms with Crippen LogP contribution in [0.2, 0.25) is 5.02 Å². The smallest absolute Gasteiger partial charge is 0.233 e. The van der Waals surface area contributed by atoms with Crippen molar-refractivity contribution in [3.8, 4) is 11.8 Å². The van der Waals surface area contributed by atoms with Crippen molar-refractivity contribution < 1.29 is 13.5 Å². The fourth-order valence-electron chi connectivity index (χ4n) is 1.60. The average Bonchev–Trinajstić information content (AvgIpc) is 2.26. The van der Waals surface area contributed by atoms with E-state index in [0.717, 1.165) is 0 Å². The number of sulfonamides is 1. The lowest BCUT2D eigenvalue weighted by Gasteiger charge is -2.19. The summed E-state index contributed by atoms with van der Waals surface area (Å²) in [7, 11) is -3.48. The van der Waals surface area contributed by atoms with Crippen LogP contribution in [0.5, 0.6) is 0 Å². The van der Waals surface area contributed by atoms with Crippen molar-refractivity contribution >= 4 is 27.3 Å². The molecular formula is C14H18ClNO3S. The molecule has 0 aliphatic rings. The van der Waals surface area contributed by atoms with Gasteiger partial charge in [-0.05, 0) is 23.6 Å². The first-order valence-corrected chi connectivity index (χ1v) is 8.06. The SMILES string of the molecule is CC(C)(C)CS(=O)(=O)Nc1cc(C#CCO)ccc1Cl. The molecule has 0 aromatic heterocycles. The van der Waals surface area contributed by atoms with Crippen LogP contribution in [0.4, 0.5) is 5.69 Å². The summed E-state index contributed by atoms with van der Waals surface area (Å²) in [5.41, 5.74) is 0.518. The summed E-state index contributed by atoms with van der Waals surface area (Å²) in [6.07, 6.45) is 0. The van der Waals surface area contributed by atoms with Crippen molar-refractivity contribution in [2.24, 2.45) is 5.41 Å². The fourth-order valence-corrected chi connectivity index (χ4v) is 3.53. The Hall–Kier alpha value is -1.22. The lowest BCUT2D eigenvalue weighted by atomic mass is 10.0. The molecule has 0 fully saturated rings. The molecule has 0 saturated carbocycles. The van der Waals surface area contributed by atoms with Gasteiger partial charge < -0.3 is 5.11 Å². The van der Waals surface area contributed by atoms with Gasteiger partial charge in [0.05, 0.1) is 16.5 Å². The summed E-state index contributed by atoms with van der Waals surface area (Å²) in [5, 5.41) is 8.96. The monoisotopic (exact) mass is 315 g/mol. The third-order valence-electron chi connectivity index (χ3n) is 2.17. The highest BCUT2D eigenvalue weighted by Crippen LogP contribution is 2.25. The molecule has 0 radical (unpaired) electrons. The van der Waals surface area contributed by atoms with E-state index in [-0.39, 0.29) is 17.8 Å². The Labute approximate surface area is 125 Å². The zero-order chi connectivity index (χ0) is 15.4. The molecule has 6 heteroatoms. The van der Waals surface area contributed by atoms with Crippen LogP contribution in [-0.4, -0.2) is 25.9 Å². The summed E-state index contributed by atoms with van der Waals surface area (Å²) in [6, 6.07) is 4.77. The molecule has 0 unspecified atom stereocenters. The van der Waals surface area contributed by atoms with Crippen molar-refractivity contribution in [3.63, 3.8) is 0 Å². The molecule has 0 saturated heterocycles. The van der Waals surface area contributed by atoms with E-state index in [9.17, 15) is 8.42 Å². The Kier molecular flexibility index (Phi) is 5.46. The number of nitrogens with one attached hydrogen (secondary N) is 1. The van der Waals surface area contributed by atoms with E-state index in [1.807, 2.05) is 20.8 Å². The predicted octanol–water partition coefficient (Wildman–Crippen LogP) is 2.47. The van der Waals surface area contributed by atoms with Crippen molar-refractivity contribution in [1.29, 1.82) is 0 Å². The molecule has 0 atom stereocenters. The van der Waals surface area contributed by atoms with E-state index in [1.54, 1.807) is 18.2 Å². The Morgan fingerprint density at radius 2 is 2.00 bits per heavy atom. The third-order valence-corrected chi connectivity index (χ3v) is 4.27. The van der Waals surface area contributed by atoms with Crippen LogP contribution >= 0.6 is 11.6 Å². The third kappa shape index (κ3) is 5.83. The molecule has 0 aliphatic carbocycles. The summed E-state index contributed by atoms with van der Waals surface area (Å²) in [5.74, 6) is 5.19. The first-order chi connectivity index (χ1) is 9.13. The molecule has 110 valence electrons. The van der Waals surface area contributed by atoms with E-state index in [2.05, 4.69) is 16.6 Å². The number of hydrogen-bond acceptors (Lipinski definition) is 3. The van der Waals surface area contributed by atoms with E-state index >= 15 is 0 Å². The Bertz CT molecular complexity index is 637. The number of rotatable bonds is 3. The zero-order valence-corrected chi connectivity index (χ0v) is 13.3. The standard InChI is InChI=1S/C14H18ClNO3S/c1-14(2,3)10-20(18,19)16-13-9-11(5-4-8-17)6-7-12(13)15/h6-7,9,16-17H,8,10H2,1-3H3. The maximum atomic E-state index is 12.0. The summed E-state index contributed by atoms with van der Waals surface area (Å²) in [6.45, 7) is 5.28. The van der Waals surface area contributed by atoms with Crippen molar-refractivity contribution in [1.82, 2.24) is 0 Å². The Morgan fingerprint density at radius 1 is 1.35 bits per heavy atom. The van der Waals surface area contributed by atoms with E-state index in [1.165, 1.54) is 0 Å². The van der Waals surface area contributed by atoms with E-state index in [4.69, 9.17) is 16.7 Å². The second-order valence-electron chi connectivity index (χ2n) is 5.58. The first-order valence-electron chi connectivity index (χ1n) is 6.03. The molecule has 20 heavy (non-hydrogen) atoms. The van der Waals surface area contributed by atoms with Gasteiger partial charge in [0.25, 0.3) is 0 Å². The number of halogens is 1. The Balaban J connectivity index is 3.03. The minimum atomic E-state index is -3.48. The number of aliphatic hydroxyl groups is 1. The molecule has 0 bridgehead atoms. The van der Waals surface area contributed by atoms with Gasteiger partial charge in [0.1, 0.15) is 6.61 Å². The van der Waals surface area contributed by atoms with Gasteiger partial charge in [0.2, 0.25) is 10.0 Å². The van der Waals surface area contributed by atoms with Gasteiger partial charge in [0, 0.05) is 5.56 Å². The van der Waals surface area contributed by atoms with Crippen molar-refractivity contribution in [3.05, 3.63) is 28.8 Å². The average molecular weight is 316 g/mol. The quantitative estimate of drug-likeness (QED) is 0.842. The second-order valence-corrected chi connectivity index (χ2v) is 7.71. The second kappa shape index (κ2) is 6.49. The maximum absolute atomic E-state index is 12.0. The molecule has 0 heterocycles. The van der Waals surface area contributed by atoms with Crippen LogP contribution in [0.1, 0.15) is 26.3 Å². The van der Waals surface area contributed by atoms with Crippen LogP contribution in [0.15, 0.2) is 18.2 Å². The highest BCUT2D eigenvalue weighted by atomic mass is 35.5. The molecular weight excluding hydrogens is 298 g/mol. The van der Waals surface area contributed by atoms with E-state index in [0.29, 0.717) is 16.3 Å². The summed E-state index contributed by atoms with van der Waals surface area (Å²) < 4.78 is 26.6. The molecule has 2 N–H and O–H groups in total. The van der Waals surface area contributed by atoms with Crippen molar-refractivity contribution in [2.45, 2.75) is 20.8 Å². The number of aliphatic hydroxyl groups excluding tert-OH is 1. The van der Waals surface area contributed by atoms with Crippen LogP contribution in [-0.2, 0) is 10.0 Å². The summed E-state index contributed by atoms with van der Waals surface area (Å²) in [4.78, 5) is 0. The predicted molar refractivity (Wildman–Crippen MR) is 82.3 cm³/mol. The first kappa shape index (κ1) is 16.8. The number of anilines is 1. The van der Waals surface area contributed by atoms with Crippen LogP contribution in [0, 0.1) is 17.3 Å². The lowest BCUT2D eigenvalue weighted by molar-refractivity contribution is 0.350. The molecule has 4 nitrogen and oxygen atoms in total. The number of hydrogen-bond donors (Lipinski definition) is 2. The van der Waals surface area contributed by atoms with Gasteiger partial charge in [-0.3, -0.25) is 4.72 Å². The lowest BCUT2D eigenvalue weighted by Crippen LogP contribution is -2.26. The van der Waals surface area contributed by atoms with Gasteiger partial charge >= 0.3 is 0 Å². The molecule has 1 aromatic rings. The fraction of sp³-hybridized carbons (Fsp3) is 0.429. The highest BCUT2D eigenvalue weighted by Gasteiger charge is 2.22. The molecule has 1 rings (SSSR count). The van der Waals surface area contributed by atoms with Gasteiger partial charge in [-0.25, -0.2) is 8.42 Å². The van der Waals surface area contributed by atoms with Crippen LogP contribution in [0.3, 0.4) is 0 Å². The van der Waals surface area contributed by atoms with Gasteiger partial charge in [-0.1, -0.05) is 44.2 Å². The Morgan fingerprint density at radius 3 is 2.55 bits per heavy atom. The summed E-state index contributed by atoms with van der Waals surface area (Å²) >= 11 is 5.98. The molecule has 0 aliphatic heterocycles. The molecule has 1 aromatic carbocycles. The molecule has 0 spiro atoms. The normalized spacial score (nSPS) is 11.7. The highest BCUT2D eigenvalue weighted by molar-refractivity contribution is 7.92. The van der Waals surface area contributed by atoms with Crippen LogP contribution < -0.4 is 4.72 Å². The minimum Gasteiger partial charge on any atom is -0.384 e. The number of benzene rings is 1. The van der Waals surface area contributed by atoms with E-state index < -0.39 is 10.0 Å². The minimum absolute atomic E-state index is 0.0110. The van der Waals surface area contributed by atoms with Crippen molar-refractivity contribution in [2.75, 3.05) is 17.1 Å². The van der Waals surface area contributed by atoms with Crippen LogP contribution in [0.25, 0.3) is 0 Å².